The minimum atomic E-state index is 0.546. The molecule has 0 fully saturated rings. The summed E-state index contributed by atoms with van der Waals surface area (Å²) in [5.74, 6) is 1.74. The summed E-state index contributed by atoms with van der Waals surface area (Å²) in [6.07, 6.45) is 0. The third kappa shape index (κ3) is 6.28. The van der Waals surface area contributed by atoms with E-state index in [0.717, 1.165) is 82.9 Å². The van der Waals surface area contributed by atoms with E-state index in [1.807, 2.05) is 6.07 Å². The van der Waals surface area contributed by atoms with E-state index in [9.17, 15) is 0 Å². The van der Waals surface area contributed by atoms with Crippen LogP contribution in [0.5, 0.6) is 0 Å². The second-order valence-corrected chi connectivity index (χ2v) is 16.9. The van der Waals surface area contributed by atoms with Crippen molar-refractivity contribution in [3.63, 3.8) is 0 Å². The Morgan fingerprint density at radius 2 is 0.712 bits per heavy atom. The van der Waals surface area contributed by atoms with Crippen LogP contribution < -0.4 is 0 Å². The summed E-state index contributed by atoms with van der Waals surface area (Å²) in [6, 6.07) is 84.1. The standard InChI is InChI=1S/C61H39N5/c1-3-16-40(17-4-1)44-22-13-25-48(37-44)59-62-60(49-26-14-23-45(38-49)47-33-32-42-20-7-8-21-43(42)36-47)64-61(63-59)66-56-31-12-10-29-52(56)54-35-34-53-51-28-9-11-30-55(51)65(57(53)58(54)66)50-27-15-24-46(39-50)41-18-5-2-6-19-41/h1-39H. The molecule has 0 saturated heterocycles. The van der Waals surface area contributed by atoms with Crippen LogP contribution in [-0.4, -0.2) is 24.1 Å². The molecule has 0 aliphatic carbocycles. The molecule has 13 aromatic rings. The molecule has 0 radical (unpaired) electrons. The lowest BCUT2D eigenvalue weighted by molar-refractivity contribution is 0.953. The van der Waals surface area contributed by atoms with Gasteiger partial charge in [-0.3, -0.25) is 4.57 Å². The molecule has 0 unspecified atom stereocenters. The zero-order chi connectivity index (χ0) is 43.6. The highest BCUT2D eigenvalue weighted by Crippen LogP contribution is 2.42. The molecular formula is C61H39N5. The first kappa shape index (κ1) is 37.6. The smallest absolute Gasteiger partial charge is 0.238 e. The average Bonchev–Trinajstić information content (AvgIpc) is 3.92. The molecule has 3 aromatic heterocycles. The SMILES string of the molecule is c1ccc(-c2cccc(-c3nc(-c4cccc(-c5ccc6ccccc6c5)c4)nc(-n4c5ccccc5c5ccc6c7ccccc7n(-c7cccc(-c8ccccc8)c7)c6c54)n3)c2)cc1. The number of hydrogen-bond acceptors (Lipinski definition) is 3. The van der Waals surface area contributed by atoms with Crippen molar-refractivity contribution in [1.29, 1.82) is 0 Å². The fraction of sp³-hybridized carbons (Fsp3) is 0. The number of rotatable bonds is 7. The van der Waals surface area contributed by atoms with E-state index in [1.165, 1.54) is 21.7 Å². The van der Waals surface area contributed by atoms with Gasteiger partial charge < -0.3 is 4.57 Å². The molecule has 0 aliphatic heterocycles. The zero-order valence-electron chi connectivity index (χ0n) is 35.8. The van der Waals surface area contributed by atoms with E-state index in [1.54, 1.807) is 0 Å². The van der Waals surface area contributed by atoms with Crippen LogP contribution in [0.2, 0.25) is 0 Å². The number of aromatic nitrogens is 5. The summed E-state index contributed by atoms with van der Waals surface area (Å²) in [4.78, 5) is 16.3. The predicted octanol–water partition coefficient (Wildman–Crippen LogP) is 15.6. The Morgan fingerprint density at radius 1 is 0.258 bits per heavy atom. The van der Waals surface area contributed by atoms with Crippen LogP contribution in [0.4, 0.5) is 0 Å². The third-order valence-corrected chi connectivity index (χ3v) is 12.9. The molecule has 5 nitrogen and oxygen atoms in total. The molecule has 5 heteroatoms. The predicted molar refractivity (Wildman–Crippen MR) is 273 cm³/mol. The number of para-hydroxylation sites is 2. The van der Waals surface area contributed by atoms with E-state index < -0.39 is 0 Å². The Hall–Kier alpha value is -8.93. The van der Waals surface area contributed by atoms with E-state index in [4.69, 9.17) is 15.0 Å². The molecule has 0 N–H and O–H groups in total. The molecule has 66 heavy (non-hydrogen) atoms. The Labute approximate surface area is 381 Å². The first-order valence-electron chi connectivity index (χ1n) is 22.3. The number of benzene rings is 10. The maximum absolute atomic E-state index is 5.49. The first-order chi connectivity index (χ1) is 32.7. The van der Waals surface area contributed by atoms with E-state index in [-0.39, 0.29) is 0 Å². The highest BCUT2D eigenvalue weighted by molar-refractivity contribution is 6.23. The van der Waals surface area contributed by atoms with Crippen molar-refractivity contribution >= 4 is 54.4 Å². The molecule has 0 amide bonds. The van der Waals surface area contributed by atoms with Gasteiger partial charge in [0.15, 0.2) is 11.6 Å². The van der Waals surface area contributed by atoms with E-state index >= 15 is 0 Å². The van der Waals surface area contributed by atoms with Gasteiger partial charge in [-0.25, -0.2) is 4.98 Å². The van der Waals surface area contributed by atoms with Crippen LogP contribution in [0, 0.1) is 0 Å². The molecule has 0 bridgehead atoms. The lowest BCUT2D eigenvalue weighted by atomic mass is 9.99. The first-order valence-corrected chi connectivity index (χ1v) is 22.3. The Kier molecular flexibility index (Phi) is 8.78. The Balaban J connectivity index is 1.10. The van der Waals surface area contributed by atoms with E-state index in [0.29, 0.717) is 17.6 Å². The van der Waals surface area contributed by atoms with Crippen LogP contribution in [0.1, 0.15) is 0 Å². The topological polar surface area (TPSA) is 48.5 Å². The lowest BCUT2D eigenvalue weighted by Crippen LogP contribution is -2.07. The van der Waals surface area contributed by atoms with Gasteiger partial charge in [0, 0.05) is 38.4 Å². The summed E-state index contributed by atoms with van der Waals surface area (Å²) in [7, 11) is 0. The monoisotopic (exact) mass is 841 g/mol. The summed E-state index contributed by atoms with van der Waals surface area (Å²) >= 11 is 0. The van der Waals surface area contributed by atoms with Crippen LogP contribution in [0.15, 0.2) is 237 Å². The molecule has 0 atom stereocenters. The quantitative estimate of drug-likeness (QED) is 0.161. The Bertz CT molecular complexity index is 4000. The van der Waals surface area contributed by atoms with Crippen molar-refractivity contribution < 1.29 is 0 Å². The minimum Gasteiger partial charge on any atom is -0.307 e. The van der Waals surface area contributed by atoms with Gasteiger partial charge in [-0.2, -0.15) is 9.97 Å². The summed E-state index contributed by atoms with van der Waals surface area (Å²) < 4.78 is 4.69. The van der Waals surface area contributed by atoms with Crippen LogP contribution >= 0.6 is 0 Å². The van der Waals surface area contributed by atoms with Crippen molar-refractivity contribution in [2.75, 3.05) is 0 Å². The largest absolute Gasteiger partial charge is 0.307 e. The average molecular weight is 842 g/mol. The second-order valence-electron chi connectivity index (χ2n) is 16.9. The summed E-state index contributed by atoms with van der Waals surface area (Å²) in [5.41, 5.74) is 13.9. The van der Waals surface area contributed by atoms with E-state index in [2.05, 4.69) is 240 Å². The fourth-order valence-electron chi connectivity index (χ4n) is 9.83. The van der Waals surface area contributed by atoms with Crippen molar-refractivity contribution in [1.82, 2.24) is 24.1 Å². The van der Waals surface area contributed by atoms with Gasteiger partial charge in [0.1, 0.15) is 0 Å². The molecule has 13 rings (SSSR count). The van der Waals surface area contributed by atoms with Crippen molar-refractivity contribution in [2.24, 2.45) is 0 Å². The van der Waals surface area contributed by atoms with Crippen LogP contribution in [-0.2, 0) is 0 Å². The maximum Gasteiger partial charge on any atom is 0.238 e. The fourth-order valence-corrected chi connectivity index (χ4v) is 9.83. The maximum atomic E-state index is 5.49. The summed E-state index contributed by atoms with van der Waals surface area (Å²) in [6.45, 7) is 0. The molecule has 3 heterocycles. The van der Waals surface area contributed by atoms with Gasteiger partial charge in [-0.05, 0) is 86.6 Å². The van der Waals surface area contributed by atoms with Gasteiger partial charge in [-0.15, -0.1) is 0 Å². The lowest BCUT2D eigenvalue weighted by Gasteiger charge is -2.14. The highest BCUT2D eigenvalue weighted by atomic mass is 15.2. The van der Waals surface area contributed by atoms with Crippen molar-refractivity contribution in [2.45, 2.75) is 0 Å². The van der Waals surface area contributed by atoms with Crippen molar-refractivity contribution in [3.8, 4) is 67.8 Å². The molecule has 308 valence electrons. The highest BCUT2D eigenvalue weighted by Gasteiger charge is 2.24. The molecule has 0 saturated carbocycles. The van der Waals surface area contributed by atoms with Gasteiger partial charge in [0.05, 0.1) is 22.1 Å². The Morgan fingerprint density at radius 3 is 1.35 bits per heavy atom. The zero-order valence-corrected chi connectivity index (χ0v) is 35.8. The second kappa shape index (κ2) is 15.4. The number of hydrogen-bond donors (Lipinski definition) is 0. The molecule has 0 aliphatic rings. The third-order valence-electron chi connectivity index (χ3n) is 12.9. The molecule has 0 spiro atoms. The van der Waals surface area contributed by atoms with Gasteiger partial charge in [-0.1, -0.05) is 194 Å². The molecule has 10 aromatic carbocycles. The number of nitrogens with zero attached hydrogens (tertiary/aromatic N) is 5. The van der Waals surface area contributed by atoms with Crippen molar-refractivity contribution in [3.05, 3.63) is 237 Å². The van der Waals surface area contributed by atoms with Crippen LogP contribution in [0.25, 0.3) is 122 Å². The molecular weight excluding hydrogens is 803 g/mol. The van der Waals surface area contributed by atoms with Gasteiger partial charge in [0.25, 0.3) is 0 Å². The van der Waals surface area contributed by atoms with Gasteiger partial charge in [0.2, 0.25) is 5.95 Å². The number of fused-ring (bicyclic) bond motifs is 8. The normalized spacial score (nSPS) is 11.6. The van der Waals surface area contributed by atoms with Crippen LogP contribution in [0.3, 0.4) is 0 Å². The summed E-state index contributed by atoms with van der Waals surface area (Å²) in [5, 5.41) is 6.99. The van der Waals surface area contributed by atoms with Gasteiger partial charge >= 0.3 is 0 Å². The minimum absolute atomic E-state index is 0.546.